The van der Waals surface area contributed by atoms with Crippen LogP contribution in [0.5, 0.6) is 0 Å². The van der Waals surface area contributed by atoms with Crippen LogP contribution >= 0.6 is 0 Å². The Hall–Kier alpha value is -0.400. The highest BCUT2D eigenvalue weighted by Gasteiger charge is 2.50. The van der Waals surface area contributed by atoms with Crippen molar-refractivity contribution in [1.29, 1.82) is 0 Å². The Morgan fingerprint density at radius 3 is 2.25 bits per heavy atom. The molecule has 10 nitrogen and oxygen atoms in total. The van der Waals surface area contributed by atoms with Gasteiger partial charge in [-0.05, 0) is 13.3 Å². The Morgan fingerprint density at radius 1 is 0.964 bits per heavy atom. The third kappa shape index (κ3) is 5.20. The van der Waals surface area contributed by atoms with E-state index in [2.05, 4.69) is 0 Å². The molecule has 0 aromatic carbocycles. The third-order valence-electron chi connectivity index (χ3n) is 5.59. The normalized spacial score (nSPS) is 45.0. The van der Waals surface area contributed by atoms with Crippen LogP contribution in [0.3, 0.4) is 0 Å². The predicted octanol–water partition coefficient (Wildman–Crippen LogP) is -2.11. The minimum atomic E-state index is -1.67. The molecule has 0 aromatic heterocycles. The van der Waals surface area contributed by atoms with Crippen molar-refractivity contribution < 1.29 is 49.6 Å². The van der Waals surface area contributed by atoms with Crippen LogP contribution < -0.4 is 0 Å². The lowest BCUT2D eigenvalue weighted by molar-refractivity contribution is -0.296. The molecule has 0 amide bonds. The van der Waals surface area contributed by atoms with E-state index in [1.165, 1.54) is 0 Å². The SMILES string of the molecule is CCOC[C@@H]1OC(CO)C(O)(CC)[C@@H](O)CC1O[C@@H]1OC(CO)[C@@H](O)CC1O. The number of hydrogen-bond acceptors (Lipinski definition) is 10. The molecule has 0 aliphatic carbocycles. The molecule has 6 N–H and O–H groups in total. The summed E-state index contributed by atoms with van der Waals surface area (Å²) in [7, 11) is 0. The lowest BCUT2D eigenvalue weighted by Gasteiger charge is -2.39. The van der Waals surface area contributed by atoms with Crippen molar-refractivity contribution in [2.24, 2.45) is 0 Å². The van der Waals surface area contributed by atoms with E-state index in [4.69, 9.17) is 18.9 Å². The van der Waals surface area contributed by atoms with Crippen LogP contribution in [0.1, 0.15) is 33.1 Å². The summed E-state index contributed by atoms with van der Waals surface area (Å²) in [6.07, 6.45) is -8.07. The minimum Gasteiger partial charge on any atom is -0.394 e. The maximum atomic E-state index is 10.8. The van der Waals surface area contributed by atoms with Crippen molar-refractivity contribution >= 4 is 0 Å². The number of ether oxygens (including phenoxy) is 4. The Balaban J connectivity index is 2.20. The van der Waals surface area contributed by atoms with Gasteiger partial charge in [0.1, 0.15) is 30.0 Å². The first-order chi connectivity index (χ1) is 13.3. The zero-order valence-corrected chi connectivity index (χ0v) is 16.4. The highest BCUT2D eigenvalue weighted by molar-refractivity contribution is 4.99. The zero-order valence-electron chi connectivity index (χ0n) is 16.4. The molecule has 2 fully saturated rings. The van der Waals surface area contributed by atoms with E-state index in [0.717, 1.165) is 0 Å². The molecule has 2 aliphatic rings. The van der Waals surface area contributed by atoms with E-state index in [1.807, 2.05) is 0 Å². The van der Waals surface area contributed by atoms with Crippen LogP contribution in [0.2, 0.25) is 0 Å². The second kappa shape index (κ2) is 10.6. The molecule has 0 bridgehead atoms. The van der Waals surface area contributed by atoms with E-state index < -0.39 is 67.8 Å². The van der Waals surface area contributed by atoms with Crippen molar-refractivity contribution in [3.8, 4) is 0 Å². The van der Waals surface area contributed by atoms with Crippen LogP contribution in [-0.4, -0.2) is 112 Å². The molecule has 166 valence electrons. The van der Waals surface area contributed by atoms with Gasteiger partial charge in [0, 0.05) is 19.4 Å². The van der Waals surface area contributed by atoms with Crippen molar-refractivity contribution in [1.82, 2.24) is 0 Å². The van der Waals surface area contributed by atoms with Crippen molar-refractivity contribution in [2.45, 2.75) is 87.7 Å². The molecular formula is C18H34O10. The maximum absolute atomic E-state index is 10.8. The van der Waals surface area contributed by atoms with Gasteiger partial charge >= 0.3 is 0 Å². The van der Waals surface area contributed by atoms with Gasteiger partial charge in [-0.15, -0.1) is 0 Å². The summed E-state index contributed by atoms with van der Waals surface area (Å²) in [4.78, 5) is 0. The third-order valence-corrected chi connectivity index (χ3v) is 5.59. The van der Waals surface area contributed by atoms with Gasteiger partial charge in [-0.25, -0.2) is 0 Å². The first-order valence-corrected chi connectivity index (χ1v) is 9.83. The van der Waals surface area contributed by atoms with Gasteiger partial charge in [-0.3, -0.25) is 0 Å². The predicted molar refractivity (Wildman–Crippen MR) is 95.4 cm³/mol. The summed E-state index contributed by atoms with van der Waals surface area (Å²) >= 11 is 0. The van der Waals surface area contributed by atoms with Crippen LogP contribution in [0.4, 0.5) is 0 Å². The van der Waals surface area contributed by atoms with Crippen molar-refractivity contribution in [2.75, 3.05) is 26.4 Å². The fourth-order valence-corrected chi connectivity index (χ4v) is 3.72. The number of rotatable bonds is 8. The summed E-state index contributed by atoms with van der Waals surface area (Å²) < 4.78 is 22.6. The molecule has 0 spiro atoms. The Labute approximate surface area is 164 Å². The number of aliphatic hydroxyl groups excluding tert-OH is 5. The molecule has 0 saturated carbocycles. The summed E-state index contributed by atoms with van der Waals surface area (Å²) in [5.74, 6) is 0. The van der Waals surface area contributed by atoms with Gasteiger partial charge in [-0.1, -0.05) is 6.92 Å². The number of hydrogen-bond donors (Lipinski definition) is 6. The summed E-state index contributed by atoms with van der Waals surface area (Å²) in [6, 6.07) is 0. The summed E-state index contributed by atoms with van der Waals surface area (Å²) in [5.41, 5.74) is -1.67. The molecule has 5 unspecified atom stereocenters. The molecule has 2 saturated heterocycles. The minimum absolute atomic E-state index is 0.0414. The quantitative estimate of drug-likeness (QED) is 0.261. The van der Waals surface area contributed by atoms with Crippen LogP contribution in [-0.2, 0) is 18.9 Å². The fourth-order valence-electron chi connectivity index (χ4n) is 3.72. The van der Waals surface area contributed by atoms with Gasteiger partial charge in [0.2, 0.25) is 0 Å². The topological polar surface area (TPSA) is 158 Å². The molecule has 2 heterocycles. The molecule has 9 atom stereocenters. The van der Waals surface area contributed by atoms with E-state index in [-0.39, 0.29) is 25.9 Å². The van der Waals surface area contributed by atoms with Crippen LogP contribution in [0.15, 0.2) is 0 Å². The standard InChI is InChI=1S/C18H34O10/c1-3-18(24)15(23)6-12(14(9-25-4-2)26-16(18)8-20)27-17-11(22)5-10(21)13(7-19)28-17/h10-17,19-24H,3-9H2,1-2H3/t10-,11?,12?,13?,14-,15-,16?,17+,18?/m0/s1. The smallest absolute Gasteiger partial charge is 0.184 e. The largest absolute Gasteiger partial charge is 0.394 e. The van der Waals surface area contributed by atoms with Gasteiger partial charge < -0.3 is 49.6 Å². The van der Waals surface area contributed by atoms with Gasteiger partial charge in [-0.2, -0.15) is 0 Å². The molecular weight excluding hydrogens is 376 g/mol. The average molecular weight is 410 g/mol. The van der Waals surface area contributed by atoms with Crippen LogP contribution in [0.25, 0.3) is 0 Å². The fraction of sp³-hybridized carbons (Fsp3) is 1.00. The molecule has 10 heteroatoms. The highest BCUT2D eigenvalue weighted by Crippen LogP contribution is 2.34. The van der Waals surface area contributed by atoms with E-state index in [0.29, 0.717) is 6.61 Å². The summed E-state index contributed by atoms with van der Waals surface area (Å²) in [6.45, 7) is 3.02. The van der Waals surface area contributed by atoms with Gasteiger partial charge in [0.15, 0.2) is 6.29 Å². The molecule has 0 aromatic rings. The lowest BCUT2D eigenvalue weighted by Crippen LogP contribution is -2.53. The molecule has 28 heavy (non-hydrogen) atoms. The monoisotopic (exact) mass is 410 g/mol. The Bertz CT molecular complexity index is 466. The van der Waals surface area contributed by atoms with Crippen molar-refractivity contribution in [3.63, 3.8) is 0 Å². The van der Waals surface area contributed by atoms with Crippen LogP contribution in [0, 0.1) is 0 Å². The van der Waals surface area contributed by atoms with Crippen molar-refractivity contribution in [3.05, 3.63) is 0 Å². The van der Waals surface area contributed by atoms with Gasteiger partial charge in [0.05, 0.1) is 38.1 Å². The second-order valence-electron chi connectivity index (χ2n) is 7.37. The molecule has 2 aliphatic heterocycles. The molecule has 0 radical (unpaired) electrons. The number of aliphatic hydroxyl groups is 6. The lowest BCUT2D eigenvalue weighted by atomic mass is 9.85. The van der Waals surface area contributed by atoms with Gasteiger partial charge in [0.25, 0.3) is 0 Å². The van der Waals surface area contributed by atoms with E-state index in [9.17, 15) is 30.6 Å². The maximum Gasteiger partial charge on any atom is 0.184 e. The van der Waals surface area contributed by atoms with E-state index in [1.54, 1.807) is 13.8 Å². The Kier molecular flexibility index (Phi) is 9.02. The highest BCUT2D eigenvalue weighted by atomic mass is 16.7. The molecule has 2 rings (SSSR count). The second-order valence-corrected chi connectivity index (χ2v) is 7.37. The van der Waals surface area contributed by atoms with E-state index >= 15 is 0 Å². The first-order valence-electron chi connectivity index (χ1n) is 9.83. The average Bonchev–Trinajstić information content (AvgIpc) is 2.77. The Morgan fingerprint density at radius 2 is 1.68 bits per heavy atom. The first kappa shape index (κ1) is 23.9. The zero-order chi connectivity index (χ0) is 20.9. The summed E-state index contributed by atoms with van der Waals surface area (Å²) in [5, 5.41) is 60.5.